The molecule has 1 saturated heterocycles. The molecule has 3 aromatic rings. The normalized spacial score (nSPS) is 17.4. The molecule has 2 aromatic carbocycles. The van der Waals surface area contributed by atoms with Crippen LogP contribution in [0.25, 0.3) is 5.76 Å². The summed E-state index contributed by atoms with van der Waals surface area (Å²) in [7, 11) is 1.34. The average Bonchev–Trinajstić information content (AvgIpc) is 3.09. The van der Waals surface area contributed by atoms with Gasteiger partial charge in [-0.15, -0.1) is 0 Å². The molecule has 174 valence electrons. The molecular weight excluding hydrogens is 435 g/mol. The van der Waals surface area contributed by atoms with Crippen molar-refractivity contribution in [1.29, 1.82) is 0 Å². The van der Waals surface area contributed by atoms with Crippen LogP contribution in [-0.4, -0.2) is 33.8 Å². The minimum atomic E-state index is -0.834. The predicted octanol–water partition coefficient (Wildman–Crippen LogP) is 4.97. The van der Waals surface area contributed by atoms with E-state index in [1.54, 1.807) is 24.5 Å². The van der Waals surface area contributed by atoms with E-state index in [4.69, 9.17) is 4.74 Å². The highest BCUT2D eigenvalue weighted by Crippen LogP contribution is 2.41. The van der Waals surface area contributed by atoms with Gasteiger partial charge in [-0.05, 0) is 52.9 Å². The molecule has 1 amide bonds. The molecule has 1 atom stereocenters. The SMILES string of the molecule is COc1ccc(/C(O)=C2\C(=O)C(=O)N(Cc3ccncc3)C2c2ccc(C(C)C)cc2)cc1F. The van der Waals surface area contributed by atoms with Gasteiger partial charge in [-0.25, -0.2) is 4.39 Å². The summed E-state index contributed by atoms with van der Waals surface area (Å²) in [5, 5.41) is 11.1. The van der Waals surface area contributed by atoms with Crippen molar-refractivity contribution >= 4 is 17.4 Å². The minimum absolute atomic E-state index is 0.00973. The monoisotopic (exact) mass is 460 g/mol. The number of aliphatic hydroxyl groups excluding tert-OH is 1. The van der Waals surface area contributed by atoms with E-state index in [1.807, 2.05) is 24.3 Å². The Bertz CT molecular complexity index is 1250. The molecule has 0 radical (unpaired) electrons. The number of aliphatic hydroxyl groups is 1. The van der Waals surface area contributed by atoms with Crippen LogP contribution in [0.3, 0.4) is 0 Å². The van der Waals surface area contributed by atoms with Crippen LogP contribution in [0.1, 0.15) is 48.1 Å². The molecule has 1 N–H and O–H groups in total. The summed E-state index contributed by atoms with van der Waals surface area (Å²) in [6, 6.07) is 14.2. The minimum Gasteiger partial charge on any atom is -0.507 e. The van der Waals surface area contributed by atoms with Crippen LogP contribution in [-0.2, 0) is 16.1 Å². The Hall–Kier alpha value is -4.00. The maximum Gasteiger partial charge on any atom is 0.295 e. The van der Waals surface area contributed by atoms with Crippen molar-refractivity contribution in [2.24, 2.45) is 0 Å². The van der Waals surface area contributed by atoms with E-state index >= 15 is 0 Å². The second-order valence-corrected chi connectivity index (χ2v) is 8.45. The maximum atomic E-state index is 14.3. The highest BCUT2D eigenvalue weighted by atomic mass is 19.1. The van der Waals surface area contributed by atoms with Crippen molar-refractivity contribution in [3.63, 3.8) is 0 Å². The lowest BCUT2D eigenvalue weighted by Gasteiger charge is -2.25. The Morgan fingerprint density at radius 1 is 1.09 bits per heavy atom. The van der Waals surface area contributed by atoms with Gasteiger partial charge in [0.25, 0.3) is 11.7 Å². The third-order valence-electron chi connectivity index (χ3n) is 5.99. The molecule has 0 aliphatic carbocycles. The number of benzene rings is 2. The van der Waals surface area contributed by atoms with Gasteiger partial charge in [0.1, 0.15) is 5.76 Å². The zero-order chi connectivity index (χ0) is 24.4. The first-order chi connectivity index (χ1) is 16.3. The second kappa shape index (κ2) is 9.47. The molecule has 1 aliphatic heterocycles. The molecule has 34 heavy (non-hydrogen) atoms. The Kier molecular flexibility index (Phi) is 6.45. The maximum absolute atomic E-state index is 14.3. The number of carbonyl (C=O) groups is 2. The van der Waals surface area contributed by atoms with Crippen LogP contribution < -0.4 is 4.74 Å². The highest BCUT2D eigenvalue weighted by Gasteiger charge is 2.46. The Balaban J connectivity index is 1.85. The molecule has 0 bridgehead atoms. The summed E-state index contributed by atoms with van der Waals surface area (Å²) in [6.07, 6.45) is 3.22. The highest BCUT2D eigenvalue weighted by molar-refractivity contribution is 6.46. The molecule has 4 rings (SSSR count). The van der Waals surface area contributed by atoms with E-state index in [0.29, 0.717) is 11.5 Å². The lowest BCUT2D eigenvalue weighted by atomic mass is 9.93. The zero-order valence-electron chi connectivity index (χ0n) is 19.2. The van der Waals surface area contributed by atoms with E-state index < -0.39 is 29.3 Å². The molecule has 1 unspecified atom stereocenters. The van der Waals surface area contributed by atoms with E-state index in [2.05, 4.69) is 18.8 Å². The molecule has 6 nitrogen and oxygen atoms in total. The van der Waals surface area contributed by atoms with Crippen LogP contribution in [0.2, 0.25) is 0 Å². The molecule has 0 saturated carbocycles. The number of rotatable bonds is 6. The number of ketones is 1. The van der Waals surface area contributed by atoms with Crippen molar-refractivity contribution in [1.82, 2.24) is 9.88 Å². The van der Waals surface area contributed by atoms with Crippen LogP contribution in [0.15, 0.2) is 72.6 Å². The van der Waals surface area contributed by atoms with E-state index in [0.717, 1.165) is 17.2 Å². The summed E-state index contributed by atoms with van der Waals surface area (Å²) in [6.45, 7) is 4.29. The summed E-state index contributed by atoms with van der Waals surface area (Å²) in [5.74, 6) is -2.36. The number of halogens is 1. The first-order valence-corrected chi connectivity index (χ1v) is 10.9. The van der Waals surface area contributed by atoms with E-state index in [1.165, 1.54) is 24.1 Å². The van der Waals surface area contributed by atoms with Crippen molar-refractivity contribution in [3.05, 3.63) is 101 Å². The zero-order valence-corrected chi connectivity index (χ0v) is 19.2. The van der Waals surface area contributed by atoms with Crippen molar-refractivity contribution in [2.45, 2.75) is 32.4 Å². The number of hydrogen-bond acceptors (Lipinski definition) is 5. The van der Waals surface area contributed by atoms with Gasteiger partial charge in [-0.3, -0.25) is 14.6 Å². The van der Waals surface area contributed by atoms with Gasteiger partial charge in [-0.2, -0.15) is 0 Å². The van der Waals surface area contributed by atoms with Crippen molar-refractivity contribution < 1.29 is 23.8 Å². The number of carbonyl (C=O) groups excluding carboxylic acids is 2. The molecule has 0 spiro atoms. The number of hydrogen-bond donors (Lipinski definition) is 1. The topological polar surface area (TPSA) is 79.7 Å². The molecular formula is C27H25FN2O4. The first-order valence-electron chi connectivity index (χ1n) is 10.9. The van der Waals surface area contributed by atoms with Crippen molar-refractivity contribution in [2.75, 3.05) is 7.11 Å². The number of likely N-dealkylation sites (tertiary alicyclic amines) is 1. The summed E-state index contributed by atoms with van der Waals surface area (Å²) in [4.78, 5) is 31.7. The van der Waals surface area contributed by atoms with Crippen molar-refractivity contribution in [3.8, 4) is 5.75 Å². The number of amides is 1. The van der Waals surface area contributed by atoms with Crippen LogP contribution in [0.4, 0.5) is 4.39 Å². The molecule has 1 aromatic heterocycles. The van der Waals surface area contributed by atoms with Crippen LogP contribution in [0.5, 0.6) is 5.75 Å². The number of pyridine rings is 1. The Morgan fingerprint density at radius 2 is 1.76 bits per heavy atom. The summed E-state index contributed by atoms with van der Waals surface area (Å²) in [5.41, 5.74) is 2.57. The van der Waals surface area contributed by atoms with Crippen LogP contribution >= 0.6 is 0 Å². The summed E-state index contributed by atoms with van der Waals surface area (Å²) < 4.78 is 19.3. The lowest BCUT2D eigenvalue weighted by molar-refractivity contribution is -0.140. The number of ether oxygens (including phenoxy) is 1. The summed E-state index contributed by atoms with van der Waals surface area (Å²) >= 11 is 0. The molecule has 1 aliphatic rings. The van der Waals surface area contributed by atoms with Gasteiger partial charge in [0.15, 0.2) is 11.6 Å². The molecule has 1 fully saturated rings. The predicted molar refractivity (Wildman–Crippen MR) is 126 cm³/mol. The fourth-order valence-electron chi connectivity index (χ4n) is 4.11. The van der Waals surface area contributed by atoms with Gasteiger partial charge >= 0.3 is 0 Å². The second-order valence-electron chi connectivity index (χ2n) is 8.45. The van der Waals surface area contributed by atoms with Gasteiger partial charge in [-0.1, -0.05) is 38.1 Å². The van der Waals surface area contributed by atoms with Gasteiger partial charge < -0.3 is 14.7 Å². The number of Topliss-reactive ketones (excluding diaryl/α,β-unsaturated/α-hetero) is 1. The van der Waals surface area contributed by atoms with Gasteiger partial charge in [0, 0.05) is 24.5 Å². The Morgan fingerprint density at radius 3 is 2.35 bits per heavy atom. The lowest BCUT2D eigenvalue weighted by Crippen LogP contribution is -2.29. The molecule has 2 heterocycles. The number of nitrogens with zero attached hydrogens (tertiary/aromatic N) is 2. The fourth-order valence-corrected chi connectivity index (χ4v) is 4.11. The largest absolute Gasteiger partial charge is 0.507 e. The first kappa shape index (κ1) is 23.2. The quantitative estimate of drug-likeness (QED) is 0.319. The number of methoxy groups -OCH3 is 1. The van der Waals surface area contributed by atoms with Crippen LogP contribution in [0, 0.1) is 5.82 Å². The molecule has 7 heteroatoms. The standard InChI is InChI=1S/C27H25FN2O4/c1-16(2)18-4-6-19(7-5-18)24-23(25(31)20-8-9-22(34-3)21(28)14-20)26(32)27(33)30(24)15-17-10-12-29-13-11-17/h4-14,16,24,31H,15H2,1-3H3/b25-23+. The van der Waals surface area contributed by atoms with Gasteiger partial charge in [0.2, 0.25) is 0 Å². The van der Waals surface area contributed by atoms with E-state index in [9.17, 15) is 19.1 Å². The van der Waals surface area contributed by atoms with Gasteiger partial charge in [0.05, 0.1) is 18.7 Å². The number of aromatic nitrogens is 1. The third-order valence-corrected chi connectivity index (χ3v) is 5.99. The fraction of sp³-hybridized carbons (Fsp3) is 0.222. The third kappa shape index (κ3) is 4.29. The Labute approximate surface area is 197 Å². The average molecular weight is 461 g/mol. The van der Waals surface area contributed by atoms with E-state index in [-0.39, 0.29) is 23.4 Å². The smallest absolute Gasteiger partial charge is 0.295 e.